The highest BCUT2D eigenvalue weighted by Crippen LogP contribution is 2.26. The molecule has 0 aliphatic heterocycles. The van der Waals surface area contributed by atoms with Crippen LogP contribution >= 0.6 is 23.2 Å². The minimum absolute atomic E-state index is 0.0698. The van der Waals surface area contributed by atoms with E-state index in [1.54, 1.807) is 70.4 Å². The summed E-state index contributed by atoms with van der Waals surface area (Å²) >= 11 is 12.1. The average molecular weight is 521 g/mol. The largest absolute Gasteiger partial charge is 0.454 e. The van der Waals surface area contributed by atoms with Crippen molar-refractivity contribution >= 4 is 52.5 Å². The maximum Gasteiger partial charge on any atom is 0.375 e. The Morgan fingerprint density at radius 3 is 2.11 bits per heavy atom. The van der Waals surface area contributed by atoms with Gasteiger partial charge in [-0.15, -0.1) is 0 Å². The molecule has 0 aliphatic rings. The molecule has 0 unspecified atom stereocenters. The minimum atomic E-state index is -1.04. The molecule has 0 saturated carbocycles. The predicted octanol–water partition coefficient (Wildman–Crippen LogP) is 5.31. The minimum Gasteiger partial charge on any atom is -0.454 e. The molecule has 188 valence electrons. The van der Waals surface area contributed by atoms with Crippen molar-refractivity contribution in [3.05, 3.63) is 63.6 Å². The molecule has 0 N–H and O–H groups in total. The monoisotopic (exact) mass is 520 g/mol. The van der Waals surface area contributed by atoms with Crippen LogP contribution in [0.4, 0.5) is 5.69 Å². The summed E-state index contributed by atoms with van der Waals surface area (Å²) < 4.78 is 5.30. The summed E-state index contributed by atoms with van der Waals surface area (Å²) in [7, 11) is 3.28. The number of hydrogen-bond donors (Lipinski definition) is 0. The van der Waals surface area contributed by atoms with Crippen LogP contribution in [0.1, 0.15) is 56.0 Å². The van der Waals surface area contributed by atoms with Crippen LogP contribution in [-0.4, -0.2) is 48.2 Å². The van der Waals surface area contributed by atoms with Crippen LogP contribution in [0.15, 0.2) is 42.5 Å². The van der Waals surface area contributed by atoms with Gasteiger partial charge in [-0.1, -0.05) is 42.6 Å². The number of halogens is 2. The van der Waals surface area contributed by atoms with Crippen LogP contribution in [0.3, 0.4) is 0 Å². The lowest BCUT2D eigenvalue weighted by Gasteiger charge is -2.25. The third-order valence-corrected chi connectivity index (χ3v) is 5.96. The molecule has 0 spiro atoms. The second kappa shape index (κ2) is 12.2. The van der Waals surface area contributed by atoms with Crippen LogP contribution in [0.25, 0.3) is 0 Å². The molecule has 2 aromatic rings. The molecule has 0 radical (unpaired) electrons. The Labute approximate surface area is 215 Å². The zero-order chi connectivity index (χ0) is 26.3. The summed E-state index contributed by atoms with van der Waals surface area (Å²) in [5.41, 5.74) is 0.752. The predicted molar refractivity (Wildman–Crippen MR) is 137 cm³/mol. The molecule has 0 aliphatic carbocycles. The molecule has 0 aromatic heterocycles. The molecule has 9 heteroatoms. The number of carbonyl (C=O) groups is 4. The van der Waals surface area contributed by atoms with Crippen molar-refractivity contribution in [1.29, 1.82) is 0 Å². The first-order chi connectivity index (χ1) is 16.3. The molecule has 0 fully saturated rings. The van der Waals surface area contributed by atoms with E-state index in [9.17, 15) is 19.2 Å². The van der Waals surface area contributed by atoms with E-state index in [0.29, 0.717) is 33.3 Å². The number of anilines is 1. The van der Waals surface area contributed by atoms with E-state index in [1.165, 1.54) is 9.80 Å². The topological polar surface area (TPSA) is 84.0 Å². The number of amides is 2. The van der Waals surface area contributed by atoms with E-state index in [0.717, 1.165) is 6.42 Å². The second-order valence-electron chi connectivity index (χ2n) is 8.97. The average Bonchev–Trinajstić information content (AvgIpc) is 2.78. The summed E-state index contributed by atoms with van der Waals surface area (Å²) in [6, 6.07) is 11.4. The third kappa shape index (κ3) is 8.08. The van der Waals surface area contributed by atoms with Crippen molar-refractivity contribution in [2.24, 2.45) is 0 Å². The molecular formula is C26H30Cl2N2O5. The van der Waals surface area contributed by atoms with Crippen molar-refractivity contribution in [3.63, 3.8) is 0 Å². The first-order valence-corrected chi connectivity index (χ1v) is 11.9. The number of ether oxygens (including phenoxy) is 1. The van der Waals surface area contributed by atoms with Crippen LogP contribution < -0.4 is 4.90 Å². The van der Waals surface area contributed by atoms with Gasteiger partial charge in [0, 0.05) is 25.3 Å². The quantitative estimate of drug-likeness (QED) is 0.240. The third-order valence-electron chi connectivity index (χ3n) is 5.22. The Balaban J connectivity index is 2.29. The van der Waals surface area contributed by atoms with Crippen molar-refractivity contribution in [2.45, 2.75) is 52.2 Å². The van der Waals surface area contributed by atoms with Crippen molar-refractivity contribution in [2.75, 3.05) is 19.0 Å². The molecule has 0 atom stereocenters. The van der Waals surface area contributed by atoms with Gasteiger partial charge in [0.1, 0.15) is 5.60 Å². The maximum atomic E-state index is 13.2. The van der Waals surface area contributed by atoms with E-state index in [2.05, 4.69) is 0 Å². The lowest BCUT2D eigenvalue weighted by Crippen LogP contribution is -2.36. The summed E-state index contributed by atoms with van der Waals surface area (Å²) in [4.78, 5) is 53.1. The van der Waals surface area contributed by atoms with Crippen molar-refractivity contribution < 1.29 is 23.9 Å². The van der Waals surface area contributed by atoms with Gasteiger partial charge in [0.2, 0.25) is 11.7 Å². The summed E-state index contributed by atoms with van der Waals surface area (Å²) in [6.07, 6.45) is 0.694. The van der Waals surface area contributed by atoms with Gasteiger partial charge in [-0.2, -0.15) is 0 Å². The lowest BCUT2D eigenvalue weighted by molar-refractivity contribution is -0.164. The van der Waals surface area contributed by atoms with Gasteiger partial charge in [-0.25, -0.2) is 4.79 Å². The van der Waals surface area contributed by atoms with Gasteiger partial charge < -0.3 is 14.5 Å². The molecule has 35 heavy (non-hydrogen) atoms. The molecule has 2 amide bonds. The zero-order valence-corrected chi connectivity index (χ0v) is 22.1. The lowest BCUT2D eigenvalue weighted by atomic mass is 10.0. The van der Waals surface area contributed by atoms with Gasteiger partial charge in [-0.3, -0.25) is 14.4 Å². The molecule has 2 aromatic carbocycles. The Morgan fingerprint density at radius 2 is 1.57 bits per heavy atom. The van der Waals surface area contributed by atoms with Crippen LogP contribution in [0, 0.1) is 0 Å². The number of ketones is 1. The second-order valence-corrected chi connectivity index (χ2v) is 9.79. The van der Waals surface area contributed by atoms with Crippen LogP contribution in [0.2, 0.25) is 10.0 Å². The summed E-state index contributed by atoms with van der Waals surface area (Å²) in [6.45, 7) is 5.45. The maximum absolute atomic E-state index is 13.2. The SMILES string of the molecule is CCCC(C)(C)OC(=O)C(=O)CC(=O)N(Cc1ccc(Cl)c(Cl)c1)c1ccc(C(=O)N(C)C)cc1. The van der Waals surface area contributed by atoms with Crippen LogP contribution in [0.5, 0.6) is 0 Å². The number of rotatable bonds is 10. The molecule has 0 heterocycles. The van der Waals surface area contributed by atoms with E-state index in [1.807, 2.05) is 6.92 Å². The van der Waals surface area contributed by atoms with E-state index in [4.69, 9.17) is 27.9 Å². The smallest absolute Gasteiger partial charge is 0.375 e. The van der Waals surface area contributed by atoms with Gasteiger partial charge in [0.05, 0.1) is 23.0 Å². The van der Waals surface area contributed by atoms with E-state index >= 15 is 0 Å². The first-order valence-electron chi connectivity index (χ1n) is 11.2. The van der Waals surface area contributed by atoms with E-state index < -0.39 is 29.7 Å². The number of carbonyl (C=O) groups excluding carboxylic acids is 4. The highest BCUT2D eigenvalue weighted by Gasteiger charge is 2.29. The fourth-order valence-corrected chi connectivity index (χ4v) is 3.77. The molecular weight excluding hydrogens is 491 g/mol. The fourth-order valence-electron chi connectivity index (χ4n) is 3.45. The number of nitrogens with zero attached hydrogens (tertiary/aromatic N) is 2. The van der Waals surface area contributed by atoms with Gasteiger partial charge in [0.15, 0.2) is 0 Å². The summed E-state index contributed by atoms with van der Waals surface area (Å²) in [5, 5.41) is 0.689. The van der Waals surface area contributed by atoms with E-state index in [-0.39, 0.29) is 12.5 Å². The molecule has 2 rings (SSSR count). The van der Waals surface area contributed by atoms with Gasteiger partial charge >= 0.3 is 5.97 Å². The highest BCUT2D eigenvalue weighted by molar-refractivity contribution is 6.42. The normalized spacial score (nSPS) is 11.1. The number of hydrogen-bond acceptors (Lipinski definition) is 5. The highest BCUT2D eigenvalue weighted by atomic mass is 35.5. The number of benzene rings is 2. The fraction of sp³-hybridized carbons (Fsp3) is 0.385. The Morgan fingerprint density at radius 1 is 0.943 bits per heavy atom. The number of esters is 1. The van der Waals surface area contributed by atoms with Crippen molar-refractivity contribution in [1.82, 2.24) is 4.90 Å². The number of Topliss-reactive ketones (excluding diaryl/α,β-unsaturated/α-hetero) is 1. The Bertz CT molecular complexity index is 1100. The van der Waals surface area contributed by atoms with Crippen molar-refractivity contribution in [3.8, 4) is 0 Å². The summed E-state index contributed by atoms with van der Waals surface area (Å²) in [5.74, 6) is -2.76. The zero-order valence-electron chi connectivity index (χ0n) is 20.6. The van der Waals surface area contributed by atoms with Gasteiger partial charge in [0.25, 0.3) is 5.91 Å². The molecule has 0 saturated heterocycles. The molecule has 7 nitrogen and oxygen atoms in total. The van der Waals surface area contributed by atoms with Gasteiger partial charge in [-0.05, 0) is 62.2 Å². The standard InChI is InChI=1S/C26H30Cl2N2O5/c1-6-13-26(2,3)35-25(34)22(31)15-23(32)30(16-17-7-12-20(27)21(28)14-17)19-10-8-18(9-11-19)24(33)29(4)5/h7-12,14H,6,13,15-16H2,1-5H3. The van der Waals surface area contributed by atoms with Crippen LogP contribution in [-0.2, 0) is 25.7 Å². The Kier molecular flexibility index (Phi) is 9.86. The molecule has 0 bridgehead atoms. The Hall–Kier alpha value is -2.90. The first kappa shape index (κ1) is 28.3.